The van der Waals surface area contributed by atoms with Crippen LogP contribution in [0.15, 0.2) is 0 Å². The minimum Gasteiger partial charge on any atom is -0.450 e. The van der Waals surface area contributed by atoms with Gasteiger partial charge in [-0.15, -0.1) is 0 Å². The number of rotatable bonds is 7. The molecule has 0 saturated carbocycles. The van der Waals surface area contributed by atoms with Crippen LogP contribution in [-0.4, -0.2) is 92.8 Å². The maximum absolute atomic E-state index is 12.0. The number of ether oxygens (including phenoxy) is 2. The van der Waals surface area contributed by atoms with Crippen molar-refractivity contribution < 1.29 is 23.9 Å². The van der Waals surface area contributed by atoms with Crippen LogP contribution in [0.1, 0.15) is 26.2 Å². The SMILES string of the molecule is CCOC(=O)N1CCC(NC(=O)CC(=O)NCCN2CCOCC2)CC1. The summed E-state index contributed by atoms with van der Waals surface area (Å²) in [4.78, 5) is 39.4. The molecule has 2 heterocycles. The zero-order valence-electron chi connectivity index (χ0n) is 15.5. The van der Waals surface area contributed by atoms with Crippen LogP contribution in [0.25, 0.3) is 0 Å². The summed E-state index contributed by atoms with van der Waals surface area (Å²) in [5, 5.41) is 5.66. The topological polar surface area (TPSA) is 100 Å². The Labute approximate surface area is 154 Å². The van der Waals surface area contributed by atoms with Crippen LogP contribution in [0.3, 0.4) is 0 Å². The summed E-state index contributed by atoms with van der Waals surface area (Å²) in [6.45, 7) is 7.74. The van der Waals surface area contributed by atoms with Gasteiger partial charge in [-0.05, 0) is 19.8 Å². The molecular weight excluding hydrogens is 340 g/mol. The van der Waals surface area contributed by atoms with Gasteiger partial charge in [0.25, 0.3) is 0 Å². The van der Waals surface area contributed by atoms with Gasteiger partial charge in [0.2, 0.25) is 11.8 Å². The number of likely N-dealkylation sites (tertiary alicyclic amines) is 1. The number of nitrogens with zero attached hydrogens (tertiary/aromatic N) is 2. The molecule has 0 bridgehead atoms. The van der Waals surface area contributed by atoms with Gasteiger partial charge in [-0.1, -0.05) is 0 Å². The molecule has 0 aromatic heterocycles. The second kappa shape index (κ2) is 11.0. The van der Waals surface area contributed by atoms with Gasteiger partial charge in [-0.2, -0.15) is 0 Å². The largest absolute Gasteiger partial charge is 0.450 e. The molecule has 0 aromatic carbocycles. The zero-order chi connectivity index (χ0) is 18.8. The lowest BCUT2D eigenvalue weighted by molar-refractivity contribution is -0.129. The molecular formula is C17H30N4O5. The average Bonchev–Trinajstić information content (AvgIpc) is 2.63. The molecule has 2 saturated heterocycles. The Hall–Kier alpha value is -1.87. The van der Waals surface area contributed by atoms with E-state index in [1.807, 2.05) is 0 Å². The Bertz CT molecular complexity index is 474. The first-order chi connectivity index (χ1) is 12.6. The molecule has 0 spiro atoms. The van der Waals surface area contributed by atoms with Crippen molar-refractivity contribution in [1.29, 1.82) is 0 Å². The van der Waals surface area contributed by atoms with Crippen molar-refractivity contribution in [2.24, 2.45) is 0 Å². The molecule has 2 rings (SSSR count). The van der Waals surface area contributed by atoms with E-state index in [-0.39, 0.29) is 30.4 Å². The Kier molecular flexibility index (Phi) is 8.63. The molecule has 26 heavy (non-hydrogen) atoms. The maximum atomic E-state index is 12.0. The van der Waals surface area contributed by atoms with Crippen molar-refractivity contribution in [3.05, 3.63) is 0 Å². The predicted octanol–water partition coefficient (Wildman–Crippen LogP) is -0.438. The molecule has 2 N–H and O–H groups in total. The van der Waals surface area contributed by atoms with Crippen molar-refractivity contribution in [2.45, 2.75) is 32.2 Å². The highest BCUT2D eigenvalue weighted by atomic mass is 16.6. The normalized spacial score (nSPS) is 19.0. The lowest BCUT2D eigenvalue weighted by Gasteiger charge is -2.31. The van der Waals surface area contributed by atoms with E-state index in [2.05, 4.69) is 15.5 Å². The Morgan fingerprint density at radius 1 is 1.08 bits per heavy atom. The van der Waals surface area contributed by atoms with Crippen LogP contribution in [0, 0.1) is 0 Å². The third-order valence-electron chi connectivity index (χ3n) is 4.56. The van der Waals surface area contributed by atoms with Gasteiger partial charge in [0.05, 0.1) is 19.8 Å². The standard InChI is InChI=1S/C17H30N4O5/c1-2-26-17(24)21-6-3-14(4-7-21)19-16(23)13-15(22)18-5-8-20-9-11-25-12-10-20/h14H,2-13H2,1H3,(H,18,22)(H,19,23). The maximum Gasteiger partial charge on any atom is 0.409 e. The Morgan fingerprint density at radius 2 is 1.77 bits per heavy atom. The van der Waals surface area contributed by atoms with Gasteiger partial charge in [0, 0.05) is 45.3 Å². The van der Waals surface area contributed by atoms with Crippen LogP contribution < -0.4 is 10.6 Å². The minimum absolute atomic E-state index is 0.00525. The summed E-state index contributed by atoms with van der Waals surface area (Å²) in [6, 6.07) is -0.00525. The van der Waals surface area contributed by atoms with Crippen molar-refractivity contribution in [2.75, 3.05) is 59.1 Å². The van der Waals surface area contributed by atoms with Gasteiger partial charge in [-0.25, -0.2) is 4.79 Å². The fraction of sp³-hybridized carbons (Fsp3) is 0.824. The van der Waals surface area contributed by atoms with Gasteiger partial charge < -0.3 is 25.0 Å². The summed E-state index contributed by atoms with van der Waals surface area (Å²) in [6.07, 6.45) is 0.866. The Morgan fingerprint density at radius 3 is 2.42 bits per heavy atom. The molecule has 0 unspecified atom stereocenters. The van der Waals surface area contributed by atoms with Crippen molar-refractivity contribution in [3.8, 4) is 0 Å². The number of carbonyl (C=O) groups is 3. The summed E-state index contributed by atoms with van der Waals surface area (Å²) in [5.41, 5.74) is 0. The van der Waals surface area contributed by atoms with E-state index in [9.17, 15) is 14.4 Å². The smallest absolute Gasteiger partial charge is 0.409 e. The quantitative estimate of drug-likeness (QED) is 0.590. The molecule has 2 aliphatic rings. The zero-order valence-corrected chi connectivity index (χ0v) is 15.5. The molecule has 2 fully saturated rings. The monoisotopic (exact) mass is 370 g/mol. The third kappa shape index (κ3) is 7.17. The molecule has 0 aliphatic carbocycles. The summed E-state index contributed by atoms with van der Waals surface area (Å²) in [5.74, 6) is -0.539. The predicted molar refractivity (Wildman–Crippen MR) is 94.6 cm³/mol. The van der Waals surface area contributed by atoms with Gasteiger partial charge in [0.1, 0.15) is 6.42 Å². The lowest BCUT2D eigenvalue weighted by atomic mass is 10.1. The van der Waals surface area contributed by atoms with Crippen molar-refractivity contribution >= 4 is 17.9 Å². The molecule has 9 heteroatoms. The van der Waals surface area contributed by atoms with E-state index in [4.69, 9.17) is 9.47 Å². The summed E-state index contributed by atoms with van der Waals surface area (Å²) in [7, 11) is 0. The molecule has 3 amide bonds. The van der Waals surface area contributed by atoms with Crippen LogP contribution in [0.5, 0.6) is 0 Å². The van der Waals surface area contributed by atoms with Crippen LogP contribution in [0.4, 0.5) is 4.79 Å². The van der Waals surface area contributed by atoms with Gasteiger partial charge in [0.15, 0.2) is 0 Å². The van der Waals surface area contributed by atoms with E-state index in [0.29, 0.717) is 39.1 Å². The van der Waals surface area contributed by atoms with Crippen LogP contribution in [0.2, 0.25) is 0 Å². The van der Waals surface area contributed by atoms with E-state index >= 15 is 0 Å². The summed E-state index contributed by atoms with van der Waals surface area (Å²) >= 11 is 0. The highest BCUT2D eigenvalue weighted by Crippen LogP contribution is 2.11. The van der Waals surface area contributed by atoms with Crippen LogP contribution >= 0.6 is 0 Å². The van der Waals surface area contributed by atoms with E-state index < -0.39 is 0 Å². The first-order valence-corrected chi connectivity index (χ1v) is 9.36. The van der Waals surface area contributed by atoms with E-state index in [1.54, 1.807) is 11.8 Å². The molecule has 2 aliphatic heterocycles. The molecule has 0 radical (unpaired) electrons. The van der Waals surface area contributed by atoms with Gasteiger partial charge >= 0.3 is 6.09 Å². The summed E-state index contributed by atoms with van der Waals surface area (Å²) < 4.78 is 10.2. The molecule has 9 nitrogen and oxygen atoms in total. The number of hydrogen-bond acceptors (Lipinski definition) is 6. The first-order valence-electron chi connectivity index (χ1n) is 9.36. The number of carbonyl (C=O) groups excluding carboxylic acids is 3. The van der Waals surface area contributed by atoms with E-state index in [1.165, 1.54) is 0 Å². The first kappa shape index (κ1) is 20.4. The molecule has 148 valence electrons. The number of amides is 3. The molecule has 0 aromatic rings. The van der Waals surface area contributed by atoms with Crippen molar-refractivity contribution in [3.63, 3.8) is 0 Å². The van der Waals surface area contributed by atoms with Crippen LogP contribution in [-0.2, 0) is 19.1 Å². The third-order valence-corrected chi connectivity index (χ3v) is 4.56. The van der Waals surface area contributed by atoms with E-state index in [0.717, 1.165) is 32.8 Å². The molecule has 0 atom stereocenters. The second-order valence-corrected chi connectivity index (χ2v) is 6.51. The van der Waals surface area contributed by atoms with Gasteiger partial charge in [-0.3, -0.25) is 14.5 Å². The minimum atomic E-state index is -0.308. The highest BCUT2D eigenvalue weighted by Gasteiger charge is 2.25. The number of hydrogen-bond donors (Lipinski definition) is 2. The second-order valence-electron chi connectivity index (χ2n) is 6.51. The number of nitrogens with one attached hydrogen (secondary N) is 2. The fourth-order valence-corrected chi connectivity index (χ4v) is 3.09. The van der Waals surface area contributed by atoms with Crippen molar-refractivity contribution in [1.82, 2.24) is 20.4 Å². The highest BCUT2D eigenvalue weighted by molar-refractivity contribution is 5.96. The Balaban J connectivity index is 1.56. The lowest BCUT2D eigenvalue weighted by Crippen LogP contribution is -2.47. The number of piperidine rings is 1. The fourth-order valence-electron chi connectivity index (χ4n) is 3.09. The number of morpholine rings is 1. The average molecular weight is 370 g/mol.